The van der Waals surface area contributed by atoms with Crippen molar-refractivity contribution in [1.29, 1.82) is 0 Å². The Bertz CT molecular complexity index is 1430. The Morgan fingerprint density at radius 1 is 1.06 bits per heavy atom. The summed E-state index contributed by atoms with van der Waals surface area (Å²) in [6.07, 6.45) is 5.55. The minimum atomic E-state index is -0.345. The van der Waals surface area contributed by atoms with Gasteiger partial charge in [-0.25, -0.2) is 9.97 Å². The number of hydrogen-bond acceptors (Lipinski definition) is 8. The molecule has 3 aliphatic heterocycles. The molecule has 1 fully saturated rings. The van der Waals surface area contributed by atoms with Crippen molar-refractivity contribution in [3.05, 3.63) is 59.5 Å². The highest BCUT2D eigenvalue weighted by molar-refractivity contribution is 5.88. The van der Waals surface area contributed by atoms with E-state index in [-0.39, 0.29) is 24.0 Å². The Morgan fingerprint density at radius 2 is 1.89 bits per heavy atom. The van der Waals surface area contributed by atoms with E-state index in [4.69, 9.17) is 20.4 Å². The molecule has 36 heavy (non-hydrogen) atoms. The summed E-state index contributed by atoms with van der Waals surface area (Å²) in [6, 6.07) is 12.1. The van der Waals surface area contributed by atoms with Crippen LogP contribution in [0.4, 0.5) is 17.3 Å². The standard InChI is InChI=1S/C26H28N8O.ClH/c1-16-24(33-14-10-26(11-15-33)22(27)17-6-2-3-9-20(17)35-26)30-23-21(29-16)25(32-31-23)34-13-5-7-18-19(34)8-4-12-28-18;/h2-4,6,8-9,12,22H,5,7,10-11,13-15,27H2,1H3,(H,30,31,32);1H/t22-;/m1./s1. The molecular formula is C26H29ClN8O. The van der Waals surface area contributed by atoms with Gasteiger partial charge in [0.05, 0.1) is 23.1 Å². The SMILES string of the molecule is Cc1nc2c(N3CCCc4ncccc43)n[nH]c2nc1N1CCC2(CC1)Oc1ccccc1[C@H]2N.Cl. The fourth-order valence-corrected chi connectivity index (χ4v) is 5.91. The summed E-state index contributed by atoms with van der Waals surface area (Å²) in [4.78, 5) is 19.0. The number of H-pyrrole nitrogens is 1. The summed E-state index contributed by atoms with van der Waals surface area (Å²) in [7, 11) is 0. The lowest BCUT2D eigenvalue weighted by Crippen LogP contribution is -2.51. The molecule has 1 atom stereocenters. The topological polar surface area (TPSA) is 109 Å². The monoisotopic (exact) mass is 504 g/mol. The fraction of sp³-hybridized carbons (Fsp3) is 0.385. The van der Waals surface area contributed by atoms with Gasteiger partial charge in [0.1, 0.15) is 11.4 Å². The molecule has 0 bridgehead atoms. The molecule has 6 heterocycles. The second kappa shape index (κ2) is 8.60. The van der Waals surface area contributed by atoms with Crippen LogP contribution in [0.15, 0.2) is 42.6 Å². The van der Waals surface area contributed by atoms with Crippen LogP contribution in [0.5, 0.6) is 5.75 Å². The number of aromatic nitrogens is 5. The van der Waals surface area contributed by atoms with E-state index in [1.165, 1.54) is 0 Å². The number of nitrogens with two attached hydrogens (primary N) is 1. The van der Waals surface area contributed by atoms with Crippen molar-refractivity contribution in [3.8, 4) is 5.75 Å². The highest BCUT2D eigenvalue weighted by atomic mass is 35.5. The molecule has 0 unspecified atom stereocenters. The highest BCUT2D eigenvalue weighted by Gasteiger charge is 2.48. The van der Waals surface area contributed by atoms with E-state index in [9.17, 15) is 0 Å². The number of hydrogen-bond donors (Lipinski definition) is 2. The van der Waals surface area contributed by atoms with Gasteiger partial charge in [-0.15, -0.1) is 12.4 Å². The molecular weight excluding hydrogens is 476 g/mol. The number of benzene rings is 1. The number of nitrogens with one attached hydrogen (secondary N) is 1. The Morgan fingerprint density at radius 3 is 2.72 bits per heavy atom. The Labute approximate surface area is 215 Å². The number of pyridine rings is 1. The van der Waals surface area contributed by atoms with Crippen LogP contribution in [0, 0.1) is 6.92 Å². The van der Waals surface area contributed by atoms with Crippen LogP contribution in [-0.2, 0) is 6.42 Å². The second-order valence-corrected chi connectivity index (χ2v) is 9.77. The Balaban J connectivity index is 0.00000240. The average Bonchev–Trinajstić information content (AvgIpc) is 3.42. The van der Waals surface area contributed by atoms with E-state index in [1.54, 1.807) is 0 Å². The maximum Gasteiger partial charge on any atom is 0.183 e. The van der Waals surface area contributed by atoms with Gasteiger partial charge in [0.2, 0.25) is 0 Å². The molecule has 0 saturated carbocycles. The first-order valence-electron chi connectivity index (χ1n) is 12.4. The number of para-hydroxylation sites is 1. The molecule has 3 aliphatic rings. The first-order chi connectivity index (χ1) is 17.1. The predicted octanol–water partition coefficient (Wildman–Crippen LogP) is 3.99. The third kappa shape index (κ3) is 3.41. The third-order valence-electron chi connectivity index (χ3n) is 7.78. The molecule has 10 heteroatoms. The molecule has 0 radical (unpaired) electrons. The van der Waals surface area contributed by atoms with Crippen LogP contribution < -0.4 is 20.3 Å². The Kier molecular flexibility index (Phi) is 5.49. The zero-order valence-electron chi connectivity index (χ0n) is 20.1. The molecule has 7 rings (SSSR count). The van der Waals surface area contributed by atoms with Crippen molar-refractivity contribution in [2.45, 2.75) is 44.2 Å². The number of anilines is 3. The van der Waals surface area contributed by atoms with Crippen LogP contribution >= 0.6 is 12.4 Å². The van der Waals surface area contributed by atoms with Crippen molar-refractivity contribution >= 4 is 40.9 Å². The zero-order chi connectivity index (χ0) is 23.6. The minimum absolute atomic E-state index is 0. The first kappa shape index (κ1) is 23.0. The van der Waals surface area contributed by atoms with E-state index in [1.807, 2.05) is 37.4 Å². The zero-order valence-corrected chi connectivity index (χ0v) is 21.0. The summed E-state index contributed by atoms with van der Waals surface area (Å²) in [6.45, 7) is 4.55. The Hall–Kier alpha value is -3.43. The van der Waals surface area contributed by atoms with Gasteiger partial charge in [0, 0.05) is 44.2 Å². The number of halogens is 1. The number of fused-ring (bicyclic) bond motifs is 3. The lowest BCUT2D eigenvalue weighted by molar-refractivity contribution is 0.0431. The van der Waals surface area contributed by atoms with Gasteiger partial charge in [-0.2, -0.15) is 5.10 Å². The molecule has 9 nitrogen and oxygen atoms in total. The summed E-state index contributed by atoms with van der Waals surface area (Å²) < 4.78 is 6.42. The second-order valence-electron chi connectivity index (χ2n) is 9.77. The largest absolute Gasteiger partial charge is 0.485 e. The molecule has 1 spiro atoms. The third-order valence-corrected chi connectivity index (χ3v) is 7.78. The van der Waals surface area contributed by atoms with Crippen molar-refractivity contribution in [3.63, 3.8) is 0 Å². The van der Waals surface area contributed by atoms with Gasteiger partial charge in [-0.05, 0) is 38.0 Å². The molecule has 4 aromatic rings. The van der Waals surface area contributed by atoms with Gasteiger partial charge in [0.15, 0.2) is 22.8 Å². The number of rotatable bonds is 2. The number of aryl methyl sites for hydroxylation is 2. The predicted molar refractivity (Wildman–Crippen MR) is 141 cm³/mol. The van der Waals surface area contributed by atoms with E-state index in [2.05, 4.69) is 37.1 Å². The van der Waals surface area contributed by atoms with Crippen molar-refractivity contribution < 1.29 is 4.74 Å². The molecule has 0 amide bonds. The van der Waals surface area contributed by atoms with Gasteiger partial charge in [-0.3, -0.25) is 10.1 Å². The maximum absolute atomic E-state index is 6.66. The fourth-order valence-electron chi connectivity index (χ4n) is 5.91. The maximum atomic E-state index is 6.66. The van der Waals surface area contributed by atoms with Crippen molar-refractivity contribution in [2.24, 2.45) is 5.73 Å². The molecule has 1 saturated heterocycles. The van der Waals surface area contributed by atoms with Gasteiger partial charge < -0.3 is 20.3 Å². The summed E-state index contributed by atoms with van der Waals surface area (Å²) in [5.74, 6) is 2.63. The van der Waals surface area contributed by atoms with Crippen molar-refractivity contribution in [2.75, 3.05) is 29.4 Å². The van der Waals surface area contributed by atoms with Gasteiger partial charge >= 0.3 is 0 Å². The average molecular weight is 505 g/mol. The van der Waals surface area contributed by atoms with Gasteiger partial charge in [-0.1, -0.05) is 18.2 Å². The molecule has 3 N–H and O–H groups in total. The van der Waals surface area contributed by atoms with E-state index in [0.29, 0.717) is 5.65 Å². The van der Waals surface area contributed by atoms with E-state index < -0.39 is 0 Å². The van der Waals surface area contributed by atoms with Crippen LogP contribution in [0.3, 0.4) is 0 Å². The van der Waals surface area contributed by atoms with Crippen LogP contribution in [0.25, 0.3) is 11.2 Å². The molecule has 3 aromatic heterocycles. The highest BCUT2D eigenvalue weighted by Crippen LogP contribution is 2.47. The number of ether oxygens (including phenoxy) is 1. The minimum Gasteiger partial charge on any atom is -0.485 e. The molecule has 186 valence electrons. The number of piperidine rings is 1. The molecule has 0 aliphatic carbocycles. The van der Waals surface area contributed by atoms with Crippen LogP contribution in [0.1, 0.15) is 42.3 Å². The first-order valence-corrected chi connectivity index (χ1v) is 12.4. The number of nitrogens with zero attached hydrogens (tertiary/aromatic N) is 6. The number of aromatic amines is 1. The normalized spacial score (nSPS) is 20.1. The summed E-state index contributed by atoms with van der Waals surface area (Å²) >= 11 is 0. The van der Waals surface area contributed by atoms with Crippen LogP contribution in [-0.4, -0.2) is 50.4 Å². The molecule has 1 aromatic carbocycles. The lowest BCUT2D eigenvalue weighted by atomic mass is 9.83. The van der Waals surface area contributed by atoms with Crippen molar-refractivity contribution in [1.82, 2.24) is 25.1 Å². The lowest BCUT2D eigenvalue weighted by Gasteiger charge is -2.41. The van der Waals surface area contributed by atoms with Gasteiger partial charge in [0.25, 0.3) is 0 Å². The van der Waals surface area contributed by atoms with E-state index >= 15 is 0 Å². The smallest absolute Gasteiger partial charge is 0.183 e. The summed E-state index contributed by atoms with van der Waals surface area (Å²) in [5, 5.41) is 7.76. The summed E-state index contributed by atoms with van der Waals surface area (Å²) in [5.41, 5.74) is 12.0. The van der Waals surface area contributed by atoms with E-state index in [0.717, 1.165) is 90.9 Å². The van der Waals surface area contributed by atoms with Crippen LogP contribution in [0.2, 0.25) is 0 Å². The quantitative estimate of drug-likeness (QED) is 0.421.